The van der Waals surface area contributed by atoms with Crippen LogP contribution in [0.4, 0.5) is 5.69 Å². The first-order valence-electron chi connectivity index (χ1n) is 8.79. The van der Waals surface area contributed by atoms with E-state index in [1.54, 1.807) is 11.1 Å². The molecule has 0 aliphatic heterocycles. The summed E-state index contributed by atoms with van der Waals surface area (Å²) in [6.45, 7) is 1.82. The lowest BCUT2D eigenvalue weighted by molar-refractivity contribution is -0.121. The van der Waals surface area contributed by atoms with Gasteiger partial charge in [-0.2, -0.15) is 0 Å². The van der Waals surface area contributed by atoms with Gasteiger partial charge in [-0.3, -0.25) is 14.6 Å². The molecule has 2 aromatic heterocycles. The normalized spacial score (nSPS) is 11.6. The monoisotopic (exact) mass is 457 g/mol. The molecular formula is C21H20BrN3O2S. The van der Waals surface area contributed by atoms with Gasteiger partial charge in [0.2, 0.25) is 11.8 Å². The van der Waals surface area contributed by atoms with Gasteiger partial charge >= 0.3 is 0 Å². The molecule has 7 heteroatoms. The topological polar surface area (TPSA) is 62.3 Å². The molecule has 5 nitrogen and oxygen atoms in total. The molecule has 0 fully saturated rings. The Labute approximate surface area is 176 Å². The van der Waals surface area contributed by atoms with Crippen molar-refractivity contribution >= 4 is 44.8 Å². The van der Waals surface area contributed by atoms with E-state index < -0.39 is 0 Å². The van der Waals surface area contributed by atoms with Gasteiger partial charge < -0.3 is 10.2 Å². The first-order valence-corrected chi connectivity index (χ1v) is 10.5. The van der Waals surface area contributed by atoms with Crippen molar-refractivity contribution < 1.29 is 9.59 Å². The molecule has 2 heterocycles. The Kier molecular flexibility index (Phi) is 6.95. The van der Waals surface area contributed by atoms with E-state index in [-0.39, 0.29) is 24.3 Å². The van der Waals surface area contributed by atoms with E-state index in [1.165, 1.54) is 18.3 Å². The lowest BCUT2D eigenvalue weighted by Gasteiger charge is -2.25. The molecule has 1 N–H and O–H groups in total. The van der Waals surface area contributed by atoms with Crippen molar-refractivity contribution in [3.8, 4) is 0 Å². The molecule has 3 aromatic rings. The summed E-state index contributed by atoms with van der Waals surface area (Å²) in [6.07, 6.45) is 1.88. The highest BCUT2D eigenvalue weighted by Crippen LogP contribution is 2.26. The molecule has 0 spiro atoms. The highest BCUT2D eigenvalue weighted by Gasteiger charge is 2.23. The third-order valence-corrected chi connectivity index (χ3v) is 5.64. The summed E-state index contributed by atoms with van der Waals surface area (Å²) >= 11 is 4.95. The minimum Gasteiger partial charge on any atom is -0.348 e. The van der Waals surface area contributed by atoms with Gasteiger partial charge in [0.05, 0.1) is 24.7 Å². The molecule has 3 rings (SSSR count). The summed E-state index contributed by atoms with van der Waals surface area (Å²) in [4.78, 5) is 31.9. The smallest absolute Gasteiger partial charge is 0.229 e. The predicted molar refractivity (Wildman–Crippen MR) is 115 cm³/mol. The Hall–Kier alpha value is -2.51. The van der Waals surface area contributed by atoms with Crippen LogP contribution >= 0.6 is 27.3 Å². The molecule has 0 radical (unpaired) electrons. The average molecular weight is 458 g/mol. The van der Waals surface area contributed by atoms with Crippen LogP contribution in [0.3, 0.4) is 0 Å². The number of rotatable bonds is 7. The molecule has 0 saturated heterocycles. The van der Waals surface area contributed by atoms with Gasteiger partial charge in [0.25, 0.3) is 0 Å². The highest BCUT2D eigenvalue weighted by atomic mass is 79.9. The molecule has 144 valence electrons. The third-order valence-electron chi connectivity index (χ3n) is 4.13. The highest BCUT2D eigenvalue weighted by molar-refractivity contribution is 9.10. The van der Waals surface area contributed by atoms with Crippen molar-refractivity contribution in [3.63, 3.8) is 0 Å². The fraction of sp³-hybridized carbons (Fsp3) is 0.190. The van der Waals surface area contributed by atoms with Crippen LogP contribution in [0.15, 0.2) is 70.6 Å². The van der Waals surface area contributed by atoms with Crippen molar-refractivity contribution in [2.24, 2.45) is 0 Å². The Morgan fingerprint density at radius 3 is 2.54 bits per heavy atom. The van der Waals surface area contributed by atoms with Crippen molar-refractivity contribution in [3.05, 3.63) is 81.2 Å². The van der Waals surface area contributed by atoms with E-state index in [4.69, 9.17) is 0 Å². The Morgan fingerprint density at radius 1 is 1.14 bits per heavy atom. The summed E-state index contributed by atoms with van der Waals surface area (Å²) in [6, 6.07) is 16.7. The number of nitrogens with zero attached hydrogens (tertiary/aromatic N) is 2. The van der Waals surface area contributed by atoms with Crippen LogP contribution < -0.4 is 10.2 Å². The number of anilines is 1. The lowest BCUT2D eigenvalue weighted by Crippen LogP contribution is -2.35. The number of hydrogen-bond donors (Lipinski definition) is 1. The van der Waals surface area contributed by atoms with Crippen molar-refractivity contribution in [2.75, 3.05) is 4.90 Å². The van der Waals surface area contributed by atoms with Crippen LogP contribution in [0.25, 0.3) is 0 Å². The molecule has 0 aliphatic carbocycles. The predicted octanol–water partition coefficient (Wildman–Crippen LogP) is 4.71. The molecule has 0 saturated carbocycles. The van der Waals surface area contributed by atoms with Crippen LogP contribution in [0.5, 0.6) is 0 Å². The molecule has 1 aromatic carbocycles. The lowest BCUT2D eigenvalue weighted by atomic mass is 10.1. The summed E-state index contributed by atoms with van der Waals surface area (Å²) < 4.78 is 0.941. The zero-order valence-electron chi connectivity index (χ0n) is 15.3. The van der Waals surface area contributed by atoms with E-state index in [0.717, 1.165) is 20.7 Å². The number of carbonyl (C=O) groups excluding carboxylic acids is 2. The minimum absolute atomic E-state index is 0.0832. The standard InChI is InChI=1S/C21H20BrN3O2S/c1-15(26)24-19(20-6-4-12-28-20)13-21(27)25(14-17-5-2-3-11-23-17)18-9-7-16(22)8-10-18/h2-12,19H,13-14H2,1H3,(H,24,26). The van der Waals surface area contributed by atoms with Gasteiger partial charge in [-0.25, -0.2) is 0 Å². The van der Waals surface area contributed by atoms with Gasteiger partial charge in [-0.05, 0) is 47.8 Å². The first-order chi connectivity index (χ1) is 13.5. The number of halogens is 1. The quantitative estimate of drug-likeness (QED) is 0.558. The number of benzene rings is 1. The van der Waals surface area contributed by atoms with Gasteiger partial charge in [-0.1, -0.05) is 28.1 Å². The second-order valence-electron chi connectivity index (χ2n) is 6.25. The fourth-order valence-electron chi connectivity index (χ4n) is 2.84. The number of aromatic nitrogens is 1. The summed E-state index contributed by atoms with van der Waals surface area (Å²) in [5.74, 6) is -0.244. The maximum absolute atomic E-state index is 13.3. The maximum atomic E-state index is 13.3. The number of amides is 2. The van der Waals surface area contributed by atoms with E-state index in [2.05, 4.69) is 26.2 Å². The average Bonchev–Trinajstić information content (AvgIpc) is 3.22. The zero-order chi connectivity index (χ0) is 19.9. The van der Waals surface area contributed by atoms with Crippen molar-refractivity contribution in [1.82, 2.24) is 10.3 Å². The third kappa shape index (κ3) is 5.50. The molecule has 0 aliphatic rings. The van der Waals surface area contributed by atoms with E-state index in [1.807, 2.05) is 60.0 Å². The number of carbonyl (C=O) groups is 2. The van der Waals surface area contributed by atoms with Crippen LogP contribution in [0.1, 0.15) is 30.0 Å². The Balaban J connectivity index is 1.86. The van der Waals surface area contributed by atoms with E-state index in [0.29, 0.717) is 6.54 Å². The summed E-state index contributed by atoms with van der Waals surface area (Å²) in [5.41, 5.74) is 1.58. The first kappa shape index (κ1) is 20.2. The van der Waals surface area contributed by atoms with Crippen LogP contribution in [0, 0.1) is 0 Å². The number of hydrogen-bond acceptors (Lipinski definition) is 4. The van der Waals surface area contributed by atoms with Crippen LogP contribution in [-0.4, -0.2) is 16.8 Å². The molecule has 28 heavy (non-hydrogen) atoms. The van der Waals surface area contributed by atoms with Crippen LogP contribution in [0.2, 0.25) is 0 Å². The van der Waals surface area contributed by atoms with Crippen molar-refractivity contribution in [1.29, 1.82) is 0 Å². The van der Waals surface area contributed by atoms with E-state index >= 15 is 0 Å². The zero-order valence-corrected chi connectivity index (χ0v) is 17.7. The number of thiophene rings is 1. The van der Waals surface area contributed by atoms with Gasteiger partial charge in [0, 0.05) is 28.2 Å². The number of pyridine rings is 1. The molecular weight excluding hydrogens is 438 g/mol. The molecule has 1 unspecified atom stereocenters. The SMILES string of the molecule is CC(=O)NC(CC(=O)N(Cc1ccccn1)c1ccc(Br)cc1)c1cccs1. The number of nitrogens with one attached hydrogen (secondary N) is 1. The molecule has 2 amide bonds. The maximum Gasteiger partial charge on any atom is 0.229 e. The summed E-state index contributed by atoms with van der Waals surface area (Å²) in [5, 5.41) is 4.83. The summed E-state index contributed by atoms with van der Waals surface area (Å²) in [7, 11) is 0. The Morgan fingerprint density at radius 2 is 1.93 bits per heavy atom. The van der Waals surface area contributed by atoms with Gasteiger partial charge in [0.15, 0.2) is 0 Å². The van der Waals surface area contributed by atoms with Crippen LogP contribution in [-0.2, 0) is 16.1 Å². The van der Waals surface area contributed by atoms with Crippen molar-refractivity contribution in [2.45, 2.75) is 25.9 Å². The second kappa shape index (κ2) is 9.61. The largest absolute Gasteiger partial charge is 0.348 e. The molecule has 0 bridgehead atoms. The second-order valence-corrected chi connectivity index (χ2v) is 8.14. The Bertz CT molecular complexity index is 915. The van der Waals surface area contributed by atoms with E-state index in [9.17, 15) is 9.59 Å². The van der Waals surface area contributed by atoms with Gasteiger partial charge in [0.1, 0.15) is 0 Å². The van der Waals surface area contributed by atoms with Gasteiger partial charge in [-0.15, -0.1) is 11.3 Å². The molecule has 1 atom stereocenters. The minimum atomic E-state index is -0.355. The fourth-order valence-corrected chi connectivity index (χ4v) is 3.88.